The molecule has 7 rings (SSSR count). The second-order valence-corrected chi connectivity index (χ2v) is 13.2. The molecule has 7 atom stereocenters. The van der Waals surface area contributed by atoms with E-state index in [1.165, 1.54) is 7.06 Å². The number of halogens is 2. The summed E-state index contributed by atoms with van der Waals surface area (Å²) in [5.74, 6) is -4.98. The first-order valence-corrected chi connectivity index (χ1v) is 14.4. The highest BCUT2D eigenvalue weighted by atomic mass is 19.3. The van der Waals surface area contributed by atoms with Crippen LogP contribution < -0.4 is 0 Å². The molecule has 7 aliphatic rings. The largest absolute Gasteiger partial charge is 0.458 e. The van der Waals surface area contributed by atoms with Gasteiger partial charge in [-0.1, -0.05) is 0 Å². The second-order valence-electron chi connectivity index (χ2n) is 13.2. The van der Waals surface area contributed by atoms with Gasteiger partial charge in [0.1, 0.15) is 24.4 Å². The van der Waals surface area contributed by atoms with Gasteiger partial charge in [-0.25, -0.2) is 9.59 Å². The van der Waals surface area contributed by atoms with Crippen molar-refractivity contribution in [2.45, 2.75) is 87.6 Å². The Bertz CT molecular complexity index is 1030. The Morgan fingerprint density at radius 1 is 1.05 bits per heavy atom. The van der Waals surface area contributed by atoms with E-state index in [0.717, 1.165) is 25.7 Å². The molecule has 7 fully saturated rings. The average molecular weight is 552 g/mol. The van der Waals surface area contributed by atoms with E-state index in [0.29, 0.717) is 32.6 Å². The lowest BCUT2D eigenvalue weighted by Gasteiger charge is -2.60. The summed E-state index contributed by atoms with van der Waals surface area (Å²) in [6.07, 6.45) is 3.25. The maximum absolute atomic E-state index is 13.5. The summed E-state index contributed by atoms with van der Waals surface area (Å²) in [4.78, 5) is 36.5. The molecule has 1 heterocycles. The molecule has 203 valence electrons. The van der Waals surface area contributed by atoms with E-state index in [-0.39, 0.29) is 54.7 Å². The standard InChI is InChI=1S/C23H28F2O7.B9/c1-21(24,25)20(28)32-23-7-11-2-12(8-23)6-22(5-11,10-23)29-9-16(26)30-17-13-3-14-15(4-13)19(27)31-18(14)17;1-6-9(7(2)3)8(4)5/h11-15,17-18H,2-10H2,1H3;. The molecule has 6 bridgehead atoms. The Balaban J connectivity index is 0.000000327. The summed E-state index contributed by atoms with van der Waals surface area (Å²) < 4.78 is 49.7. The zero-order valence-corrected chi connectivity index (χ0v) is 23.2. The van der Waals surface area contributed by atoms with Crippen LogP contribution in [-0.4, -0.2) is 119 Å². The number of carbonyl (C=O) groups excluding carboxylic acids is 3. The van der Waals surface area contributed by atoms with Crippen LogP contribution in [0.2, 0.25) is 0 Å². The molecule has 11 radical (unpaired) electrons. The molecule has 18 heteroatoms. The highest BCUT2D eigenvalue weighted by Gasteiger charge is 2.64. The molecule has 0 aromatic carbocycles. The van der Waals surface area contributed by atoms with Crippen LogP contribution in [0.5, 0.6) is 0 Å². The third-order valence-electron chi connectivity index (χ3n) is 9.91. The van der Waals surface area contributed by atoms with Crippen molar-refractivity contribution < 1.29 is 42.1 Å². The molecule has 0 aromatic rings. The van der Waals surface area contributed by atoms with Gasteiger partial charge in [0.05, 0.1) is 11.5 Å². The van der Waals surface area contributed by atoms with Gasteiger partial charge in [0.2, 0.25) is 0 Å². The van der Waals surface area contributed by atoms with Crippen molar-refractivity contribution in [1.29, 1.82) is 0 Å². The quantitative estimate of drug-likeness (QED) is 0.214. The van der Waals surface area contributed by atoms with Crippen molar-refractivity contribution in [1.82, 2.24) is 0 Å². The van der Waals surface area contributed by atoms with Crippen LogP contribution in [-0.2, 0) is 33.3 Å². The fourth-order valence-corrected chi connectivity index (χ4v) is 8.65. The lowest BCUT2D eigenvalue weighted by molar-refractivity contribution is -0.245. The minimum absolute atomic E-state index is 0.0439. The predicted octanol–water partition coefficient (Wildman–Crippen LogP) is -0.641. The van der Waals surface area contributed by atoms with Crippen molar-refractivity contribution in [2.75, 3.05) is 6.61 Å². The van der Waals surface area contributed by atoms with Gasteiger partial charge >= 0.3 is 23.8 Å². The summed E-state index contributed by atoms with van der Waals surface area (Å²) in [5.41, 5.74) is -1.60. The number of alkyl halides is 2. The summed E-state index contributed by atoms with van der Waals surface area (Å²) >= 11 is 0. The molecule has 0 amide bonds. The molecule has 1 aliphatic heterocycles. The van der Waals surface area contributed by atoms with E-state index < -0.39 is 47.9 Å². The topological polar surface area (TPSA) is 88.1 Å². The highest BCUT2D eigenvalue weighted by Crippen LogP contribution is 2.60. The minimum atomic E-state index is -3.54. The van der Waals surface area contributed by atoms with Gasteiger partial charge in [-0.05, 0) is 56.8 Å². The molecule has 7 nitrogen and oxygen atoms in total. The Kier molecular flexibility index (Phi) is 8.68. The number of fused-ring (bicyclic) bond motifs is 1. The Morgan fingerprint density at radius 3 is 2.20 bits per heavy atom. The maximum Gasteiger partial charge on any atom is 0.377 e. The molecular formula is C23H28B9F2O7. The van der Waals surface area contributed by atoms with E-state index in [4.69, 9.17) is 57.6 Å². The molecule has 6 aliphatic carbocycles. The maximum atomic E-state index is 13.5. The molecule has 1 saturated heterocycles. The summed E-state index contributed by atoms with van der Waals surface area (Å²) in [6, 6.07) is 0. The van der Waals surface area contributed by atoms with Crippen LogP contribution >= 0.6 is 0 Å². The summed E-state index contributed by atoms with van der Waals surface area (Å²) in [7, 11) is 27.5. The number of hydrogen-bond acceptors (Lipinski definition) is 7. The van der Waals surface area contributed by atoms with E-state index in [1.54, 1.807) is 0 Å². The van der Waals surface area contributed by atoms with Gasteiger partial charge in [-0.3, -0.25) is 4.79 Å². The molecule has 0 spiro atoms. The van der Waals surface area contributed by atoms with Crippen LogP contribution in [0.25, 0.3) is 0 Å². The van der Waals surface area contributed by atoms with Gasteiger partial charge in [0, 0.05) is 90.1 Å². The van der Waals surface area contributed by atoms with Gasteiger partial charge in [0.15, 0.2) is 0 Å². The first-order chi connectivity index (χ1) is 19.1. The van der Waals surface area contributed by atoms with Crippen LogP contribution in [0.3, 0.4) is 0 Å². The minimum Gasteiger partial charge on any atom is -0.458 e. The molecule has 0 N–H and O–H groups in total. The Hall–Kier alpha value is -1.19. The zero-order chi connectivity index (χ0) is 29.9. The Morgan fingerprint density at radius 2 is 1.66 bits per heavy atom. The molecule has 0 aromatic heterocycles. The van der Waals surface area contributed by atoms with Gasteiger partial charge in [-0.2, -0.15) is 8.78 Å². The fraction of sp³-hybridized carbons (Fsp3) is 0.870. The molecule has 7 unspecified atom stereocenters. The third-order valence-corrected chi connectivity index (χ3v) is 9.91. The molecular weight excluding hydrogens is 524 g/mol. The van der Waals surface area contributed by atoms with Gasteiger partial charge < -0.3 is 18.9 Å². The second kappa shape index (κ2) is 11.4. The predicted molar refractivity (Wildman–Crippen MR) is 154 cm³/mol. The molecule has 41 heavy (non-hydrogen) atoms. The van der Waals surface area contributed by atoms with Gasteiger partial charge in [0.25, 0.3) is 0 Å². The van der Waals surface area contributed by atoms with E-state index in [2.05, 4.69) is 0 Å². The van der Waals surface area contributed by atoms with Crippen LogP contribution in [0.1, 0.15) is 58.3 Å². The van der Waals surface area contributed by atoms with E-state index in [9.17, 15) is 23.2 Å². The monoisotopic (exact) mass is 553 g/mol. The first-order valence-electron chi connectivity index (χ1n) is 14.4. The smallest absolute Gasteiger partial charge is 0.377 e. The summed E-state index contributed by atoms with van der Waals surface area (Å²) in [6.45, 7) is 0.309. The van der Waals surface area contributed by atoms with Gasteiger partial charge in [-0.15, -0.1) is 0 Å². The van der Waals surface area contributed by atoms with Crippen LogP contribution in [0.4, 0.5) is 8.78 Å². The average Bonchev–Trinajstić information content (AvgIpc) is 3.47. The van der Waals surface area contributed by atoms with Crippen LogP contribution in [0.15, 0.2) is 0 Å². The van der Waals surface area contributed by atoms with E-state index >= 15 is 0 Å². The number of hydrogen-bond donors (Lipinski definition) is 0. The SMILES string of the molecule is CC(F)(F)C(=O)OC12CC3CC(CC(OCC(=O)OC4C5CC6C(=O)OC4C6C5)(C3)C1)C2.[B][B]B(B([B])[B])B([B])[B]. The van der Waals surface area contributed by atoms with E-state index in [1.807, 2.05) is 0 Å². The fourth-order valence-electron chi connectivity index (χ4n) is 8.65. The van der Waals surface area contributed by atoms with Crippen molar-refractivity contribution in [3.63, 3.8) is 0 Å². The van der Waals surface area contributed by atoms with Crippen molar-refractivity contribution in [3.05, 3.63) is 0 Å². The summed E-state index contributed by atoms with van der Waals surface area (Å²) in [5, 5.41) is 0. The highest BCUT2D eigenvalue weighted by molar-refractivity contribution is 7.93. The lowest BCUT2D eigenvalue weighted by atomic mass is 8.64. The number of carbonyl (C=O) groups is 3. The molecule has 6 saturated carbocycles. The van der Waals surface area contributed by atoms with Crippen molar-refractivity contribution in [3.8, 4) is 0 Å². The number of esters is 3. The number of rotatable bonds is 9. The lowest BCUT2D eigenvalue weighted by Crippen LogP contribution is -2.62. The number of ether oxygens (including phenoxy) is 4. The first kappa shape index (κ1) is 31.2. The van der Waals surface area contributed by atoms with Crippen LogP contribution in [0, 0.1) is 29.6 Å². The van der Waals surface area contributed by atoms with Crippen molar-refractivity contribution in [2.24, 2.45) is 29.6 Å². The van der Waals surface area contributed by atoms with Crippen molar-refractivity contribution >= 4 is 82.8 Å². The Labute approximate surface area is 248 Å². The zero-order valence-electron chi connectivity index (χ0n) is 23.2. The normalized spacial score (nSPS) is 38.9. The third kappa shape index (κ3) is 6.24.